The van der Waals surface area contributed by atoms with E-state index in [2.05, 4.69) is 36.2 Å². The third-order valence-corrected chi connectivity index (χ3v) is 7.80. The van der Waals surface area contributed by atoms with Gasteiger partial charge in [0.25, 0.3) is 0 Å². The Balaban J connectivity index is 1.54. The Hall–Kier alpha value is -0.990. The molecule has 7 nitrogen and oxygen atoms in total. The Bertz CT molecular complexity index is 635. The van der Waals surface area contributed by atoms with Gasteiger partial charge in [0.1, 0.15) is 12.7 Å². The van der Waals surface area contributed by atoms with Crippen LogP contribution in [0.4, 0.5) is 0 Å². The minimum absolute atomic E-state index is 0.161. The van der Waals surface area contributed by atoms with Crippen LogP contribution in [0.5, 0.6) is 0 Å². The number of hydrogen-bond donors (Lipinski definition) is 1. The molecule has 3 rings (SSSR count). The van der Waals surface area contributed by atoms with E-state index in [0.29, 0.717) is 18.3 Å². The summed E-state index contributed by atoms with van der Waals surface area (Å²) < 4.78 is 27.8. The molecule has 2 heterocycles. The molecule has 1 aromatic rings. The number of rotatable bonds is 5. The maximum absolute atomic E-state index is 12.1. The fourth-order valence-electron chi connectivity index (χ4n) is 3.86. The summed E-state index contributed by atoms with van der Waals surface area (Å²) >= 11 is 0. The first kappa shape index (κ1) is 17.8. The highest BCUT2D eigenvalue weighted by Crippen LogP contribution is 2.29. The second kappa shape index (κ2) is 6.72. The van der Waals surface area contributed by atoms with Gasteiger partial charge < -0.3 is 5.32 Å². The largest absolute Gasteiger partial charge is 0.309 e. The van der Waals surface area contributed by atoms with Gasteiger partial charge in [-0.15, -0.1) is 0 Å². The predicted octanol–water partition coefficient (Wildman–Crippen LogP) is 1.34. The standard InChI is InChI=1S/C16H29N5O2S/c1-13(16(2,3)21-12-17-11-18-21)19-14-5-7-15(8-6-14)20-9-4-10-24(20,22)23/h11-15,19H,4-10H2,1-3H3. The lowest BCUT2D eigenvalue weighted by Crippen LogP contribution is -2.52. The number of nitrogens with one attached hydrogen (secondary N) is 1. The average Bonchev–Trinajstić information content (AvgIpc) is 3.17. The molecular weight excluding hydrogens is 326 g/mol. The van der Waals surface area contributed by atoms with Gasteiger partial charge in [-0.25, -0.2) is 18.1 Å². The van der Waals surface area contributed by atoms with Gasteiger partial charge in [-0.2, -0.15) is 9.40 Å². The topological polar surface area (TPSA) is 80.1 Å². The zero-order valence-corrected chi connectivity index (χ0v) is 15.7. The van der Waals surface area contributed by atoms with Crippen LogP contribution in [-0.2, 0) is 15.6 Å². The fraction of sp³-hybridized carbons (Fsp3) is 0.875. The van der Waals surface area contributed by atoms with Gasteiger partial charge in [-0.1, -0.05) is 0 Å². The molecular formula is C16H29N5O2S. The normalized spacial score (nSPS) is 29.6. The molecule has 1 aromatic heterocycles. The summed E-state index contributed by atoms with van der Waals surface area (Å²) in [7, 11) is -2.99. The molecule has 1 unspecified atom stereocenters. The van der Waals surface area contributed by atoms with Gasteiger partial charge in [0.05, 0.1) is 11.3 Å². The van der Waals surface area contributed by atoms with Crippen LogP contribution in [-0.4, -0.2) is 57.9 Å². The molecule has 2 fully saturated rings. The van der Waals surface area contributed by atoms with E-state index in [0.717, 1.165) is 32.1 Å². The van der Waals surface area contributed by atoms with E-state index >= 15 is 0 Å². The fourth-order valence-corrected chi connectivity index (χ4v) is 5.66. The van der Waals surface area contributed by atoms with Crippen molar-refractivity contribution >= 4 is 10.0 Å². The van der Waals surface area contributed by atoms with Gasteiger partial charge in [0, 0.05) is 24.7 Å². The zero-order valence-electron chi connectivity index (χ0n) is 14.9. The number of nitrogens with zero attached hydrogens (tertiary/aromatic N) is 4. The van der Waals surface area contributed by atoms with Crippen molar-refractivity contribution in [2.24, 2.45) is 0 Å². The molecule has 1 aliphatic heterocycles. The number of sulfonamides is 1. The van der Waals surface area contributed by atoms with Crippen molar-refractivity contribution in [3.05, 3.63) is 12.7 Å². The van der Waals surface area contributed by atoms with Crippen LogP contribution >= 0.6 is 0 Å². The Morgan fingerprint density at radius 1 is 1.25 bits per heavy atom. The Morgan fingerprint density at radius 2 is 1.96 bits per heavy atom. The van der Waals surface area contributed by atoms with Crippen LogP contribution in [0.25, 0.3) is 0 Å². The molecule has 0 amide bonds. The van der Waals surface area contributed by atoms with Crippen molar-refractivity contribution in [2.45, 2.75) is 76.5 Å². The summed E-state index contributed by atoms with van der Waals surface area (Å²) in [5.41, 5.74) is -0.161. The van der Waals surface area contributed by atoms with E-state index in [1.807, 2.05) is 4.68 Å². The van der Waals surface area contributed by atoms with Gasteiger partial charge >= 0.3 is 0 Å². The maximum atomic E-state index is 12.1. The second-order valence-corrected chi connectivity index (χ2v) is 9.71. The summed E-state index contributed by atoms with van der Waals surface area (Å²) in [5, 5.41) is 8.00. The van der Waals surface area contributed by atoms with E-state index in [1.54, 1.807) is 17.0 Å². The van der Waals surface area contributed by atoms with E-state index in [1.165, 1.54) is 0 Å². The molecule has 24 heavy (non-hydrogen) atoms. The van der Waals surface area contributed by atoms with Crippen LogP contribution < -0.4 is 5.32 Å². The minimum Gasteiger partial charge on any atom is -0.309 e. The Kier molecular flexibility index (Phi) is 4.99. The lowest BCUT2D eigenvalue weighted by Gasteiger charge is -2.39. The first-order valence-electron chi connectivity index (χ1n) is 8.91. The third-order valence-electron chi connectivity index (χ3n) is 5.80. The molecule has 8 heteroatoms. The lowest BCUT2D eigenvalue weighted by molar-refractivity contribution is 0.181. The van der Waals surface area contributed by atoms with Crippen LogP contribution in [0.15, 0.2) is 12.7 Å². The van der Waals surface area contributed by atoms with Crippen molar-refractivity contribution < 1.29 is 8.42 Å². The molecule has 1 atom stereocenters. The maximum Gasteiger partial charge on any atom is 0.214 e. The number of hydrogen-bond acceptors (Lipinski definition) is 5. The second-order valence-electron chi connectivity index (χ2n) is 7.67. The Labute approximate surface area is 144 Å². The molecule has 1 saturated carbocycles. The van der Waals surface area contributed by atoms with Crippen LogP contribution in [0.2, 0.25) is 0 Å². The van der Waals surface area contributed by atoms with E-state index in [-0.39, 0.29) is 17.6 Å². The van der Waals surface area contributed by atoms with Crippen molar-refractivity contribution in [1.82, 2.24) is 24.4 Å². The van der Waals surface area contributed by atoms with Gasteiger partial charge in [-0.05, 0) is 52.9 Å². The molecule has 2 aliphatic rings. The summed E-state index contributed by atoms with van der Waals surface area (Å²) in [6.07, 6.45) is 8.05. The smallest absolute Gasteiger partial charge is 0.214 e. The minimum atomic E-state index is -2.99. The van der Waals surface area contributed by atoms with Gasteiger partial charge in [0.2, 0.25) is 10.0 Å². The van der Waals surface area contributed by atoms with E-state index in [9.17, 15) is 8.42 Å². The van der Waals surface area contributed by atoms with Crippen LogP contribution in [0, 0.1) is 0 Å². The lowest BCUT2D eigenvalue weighted by atomic mass is 9.88. The highest BCUT2D eigenvalue weighted by atomic mass is 32.2. The molecule has 136 valence electrons. The van der Waals surface area contributed by atoms with Crippen molar-refractivity contribution in [2.75, 3.05) is 12.3 Å². The van der Waals surface area contributed by atoms with E-state index < -0.39 is 10.0 Å². The molecule has 0 radical (unpaired) electrons. The van der Waals surface area contributed by atoms with Crippen LogP contribution in [0.1, 0.15) is 52.9 Å². The highest BCUT2D eigenvalue weighted by Gasteiger charge is 2.37. The van der Waals surface area contributed by atoms with Crippen molar-refractivity contribution in [1.29, 1.82) is 0 Å². The monoisotopic (exact) mass is 355 g/mol. The third kappa shape index (κ3) is 3.50. The van der Waals surface area contributed by atoms with Crippen molar-refractivity contribution in [3.8, 4) is 0 Å². The van der Waals surface area contributed by atoms with Gasteiger partial charge in [0.15, 0.2) is 0 Å². The molecule has 0 aromatic carbocycles. The quantitative estimate of drug-likeness (QED) is 0.862. The van der Waals surface area contributed by atoms with E-state index in [4.69, 9.17) is 0 Å². The molecule has 1 N–H and O–H groups in total. The summed E-state index contributed by atoms with van der Waals surface area (Å²) in [6, 6.07) is 0.884. The SMILES string of the molecule is CC(NC1CCC(N2CCCS2(=O)=O)CC1)C(C)(C)n1cncn1. The molecule has 0 bridgehead atoms. The molecule has 0 spiro atoms. The van der Waals surface area contributed by atoms with Crippen molar-refractivity contribution in [3.63, 3.8) is 0 Å². The summed E-state index contributed by atoms with van der Waals surface area (Å²) in [5.74, 6) is 0.328. The predicted molar refractivity (Wildman–Crippen MR) is 93.1 cm³/mol. The zero-order chi connectivity index (χ0) is 17.4. The number of aromatic nitrogens is 3. The Morgan fingerprint density at radius 3 is 2.50 bits per heavy atom. The first-order valence-corrected chi connectivity index (χ1v) is 10.5. The first-order chi connectivity index (χ1) is 11.3. The summed E-state index contributed by atoms with van der Waals surface area (Å²) in [6.45, 7) is 7.20. The van der Waals surface area contributed by atoms with Crippen LogP contribution in [0.3, 0.4) is 0 Å². The summed E-state index contributed by atoms with van der Waals surface area (Å²) in [4.78, 5) is 4.05. The highest BCUT2D eigenvalue weighted by molar-refractivity contribution is 7.89. The van der Waals surface area contributed by atoms with Gasteiger partial charge in [-0.3, -0.25) is 0 Å². The average molecular weight is 356 g/mol. The molecule has 1 saturated heterocycles. The molecule has 1 aliphatic carbocycles.